The Labute approximate surface area is 122 Å². The summed E-state index contributed by atoms with van der Waals surface area (Å²) in [6.45, 7) is 8.66. The first kappa shape index (κ1) is 14.3. The lowest BCUT2D eigenvalue weighted by Gasteiger charge is -2.32. The van der Waals surface area contributed by atoms with Crippen molar-refractivity contribution in [2.45, 2.75) is 39.8 Å². The third-order valence-corrected chi connectivity index (χ3v) is 5.21. The van der Waals surface area contributed by atoms with Gasteiger partial charge in [0, 0.05) is 27.4 Å². The number of nitrogens with zero attached hydrogens (tertiary/aromatic N) is 1. The van der Waals surface area contributed by atoms with Crippen molar-refractivity contribution in [2.24, 2.45) is 0 Å². The van der Waals surface area contributed by atoms with Crippen LogP contribution in [0.3, 0.4) is 0 Å². The van der Waals surface area contributed by atoms with Gasteiger partial charge in [-0.05, 0) is 45.2 Å². The molecule has 0 aliphatic rings. The molecule has 0 aliphatic carbocycles. The third kappa shape index (κ3) is 2.90. The number of carbonyl (C=O) groups excluding carboxylic acids is 1. The van der Waals surface area contributed by atoms with Crippen LogP contribution < -0.4 is 4.90 Å². The van der Waals surface area contributed by atoms with E-state index in [0.29, 0.717) is 12.1 Å². The Hall–Kier alpha value is -1.13. The van der Waals surface area contributed by atoms with Crippen LogP contribution in [0.1, 0.15) is 38.1 Å². The van der Waals surface area contributed by atoms with Crippen molar-refractivity contribution >= 4 is 34.0 Å². The fourth-order valence-electron chi connectivity index (χ4n) is 2.29. The van der Waals surface area contributed by atoms with Crippen LogP contribution in [0.15, 0.2) is 23.6 Å². The lowest BCUT2D eigenvalue weighted by molar-refractivity contribution is 0.112. The Bertz CT molecular complexity index is 533. The fraction of sp³-hybridized carbons (Fsp3) is 0.400. The second-order valence-electron chi connectivity index (χ2n) is 5.06. The van der Waals surface area contributed by atoms with Gasteiger partial charge in [-0.3, -0.25) is 4.79 Å². The molecule has 19 heavy (non-hydrogen) atoms. The number of aldehydes is 1. The maximum absolute atomic E-state index is 11.3. The molecule has 0 N–H and O–H groups in total. The first-order chi connectivity index (χ1) is 9.04. The first-order valence-corrected chi connectivity index (χ1v) is 8.15. The van der Waals surface area contributed by atoms with Crippen molar-refractivity contribution in [3.05, 3.63) is 29.1 Å². The lowest BCUT2D eigenvalue weighted by Crippen LogP contribution is -2.36. The molecule has 0 saturated carbocycles. The van der Waals surface area contributed by atoms with Gasteiger partial charge in [-0.1, -0.05) is 6.07 Å². The van der Waals surface area contributed by atoms with Crippen LogP contribution in [0, 0.1) is 0 Å². The van der Waals surface area contributed by atoms with E-state index >= 15 is 0 Å². The zero-order chi connectivity index (χ0) is 14.0. The SMILES string of the molecule is CC(C)N(c1sc(-c2cccs2)cc1C=O)C(C)C. The molecule has 0 radical (unpaired) electrons. The highest BCUT2D eigenvalue weighted by atomic mass is 32.1. The molecule has 2 heterocycles. The van der Waals surface area contributed by atoms with Gasteiger partial charge in [-0.25, -0.2) is 0 Å². The van der Waals surface area contributed by atoms with E-state index in [2.05, 4.69) is 44.0 Å². The van der Waals surface area contributed by atoms with E-state index in [-0.39, 0.29) is 0 Å². The highest BCUT2D eigenvalue weighted by Gasteiger charge is 2.21. The summed E-state index contributed by atoms with van der Waals surface area (Å²) in [7, 11) is 0. The maximum Gasteiger partial charge on any atom is 0.153 e. The van der Waals surface area contributed by atoms with Gasteiger partial charge in [0.2, 0.25) is 0 Å². The van der Waals surface area contributed by atoms with E-state index in [1.807, 2.05) is 12.1 Å². The Morgan fingerprint density at radius 1 is 1.16 bits per heavy atom. The second-order valence-corrected chi connectivity index (χ2v) is 7.04. The van der Waals surface area contributed by atoms with Gasteiger partial charge in [0.15, 0.2) is 6.29 Å². The van der Waals surface area contributed by atoms with E-state index < -0.39 is 0 Å². The average molecular weight is 293 g/mol. The minimum atomic E-state index is 0.383. The van der Waals surface area contributed by atoms with Gasteiger partial charge in [-0.15, -0.1) is 22.7 Å². The van der Waals surface area contributed by atoms with Crippen LogP contribution in [-0.2, 0) is 0 Å². The maximum atomic E-state index is 11.3. The minimum Gasteiger partial charge on any atom is -0.358 e. The Morgan fingerprint density at radius 2 is 1.84 bits per heavy atom. The molecule has 0 aliphatic heterocycles. The third-order valence-electron chi connectivity index (χ3n) is 2.98. The normalized spacial score (nSPS) is 11.3. The predicted molar refractivity (Wildman–Crippen MR) is 85.8 cm³/mol. The van der Waals surface area contributed by atoms with Crippen molar-refractivity contribution in [3.63, 3.8) is 0 Å². The molecule has 2 rings (SSSR count). The summed E-state index contributed by atoms with van der Waals surface area (Å²) >= 11 is 3.42. The summed E-state index contributed by atoms with van der Waals surface area (Å²) in [5.41, 5.74) is 0.802. The van der Waals surface area contributed by atoms with Gasteiger partial charge < -0.3 is 4.90 Å². The number of hydrogen-bond donors (Lipinski definition) is 0. The predicted octanol–water partition coefficient (Wildman–Crippen LogP) is 4.91. The summed E-state index contributed by atoms with van der Waals surface area (Å²) in [5, 5.41) is 3.15. The van der Waals surface area contributed by atoms with Crippen molar-refractivity contribution in [1.29, 1.82) is 0 Å². The van der Waals surface area contributed by atoms with Gasteiger partial charge in [-0.2, -0.15) is 0 Å². The molecule has 0 aromatic carbocycles. The molecule has 2 aromatic heterocycles. The monoisotopic (exact) mass is 293 g/mol. The highest BCUT2D eigenvalue weighted by Crippen LogP contribution is 2.40. The number of hydrogen-bond acceptors (Lipinski definition) is 4. The highest BCUT2D eigenvalue weighted by molar-refractivity contribution is 7.24. The molecule has 0 unspecified atom stereocenters. The Balaban J connectivity index is 2.47. The molecule has 4 heteroatoms. The van der Waals surface area contributed by atoms with Gasteiger partial charge in [0.05, 0.1) is 0 Å². The van der Waals surface area contributed by atoms with Gasteiger partial charge in [0.25, 0.3) is 0 Å². The van der Waals surface area contributed by atoms with E-state index in [0.717, 1.165) is 16.9 Å². The van der Waals surface area contributed by atoms with Crippen molar-refractivity contribution in [3.8, 4) is 9.75 Å². The minimum absolute atomic E-state index is 0.383. The van der Waals surface area contributed by atoms with Crippen molar-refractivity contribution in [2.75, 3.05) is 4.90 Å². The fourth-order valence-corrected chi connectivity index (χ4v) is 4.51. The number of anilines is 1. The zero-order valence-electron chi connectivity index (χ0n) is 11.7. The second kappa shape index (κ2) is 5.88. The standard InChI is InChI=1S/C15H19NOS2/c1-10(2)16(11(3)4)15-12(9-17)8-14(19-15)13-6-5-7-18-13/h5-11H,1-4H3. The van der Waals surface area contributed by atoms with Gasteiger partial charge in [0.1, 0.15) is 5.00 Å². The van der Waals surface area contributed by atoms with Gasteiger partial charge >= 0.3 is 0 Å². The zero-order valence-corrected chi connectivity index (χ0v) is 13.3. The van der Waals surface area contributed by atoms with Crippen LogP contribution in [0.4, 0.5) is 5.00 Å². The number of rotatable bonds is 5. The van der Waals surface area contributed by atoms with Crippen LogP contribution in [0.25, 0.3) is 9.75 Å². The molecule has 0 fully saturated rings. The molecule has 0 atom stereocenters. The molecular weight excluding hydrogens is 274 g/mol. The van der Waals surface area contributed by atoms with Crippen molar-refractivity contribution < 1.29 is 4.79 Å². The summed E-state index contributed by atoms with van der Waals surface area (Å²) < 4.78 is 0. The topological polar surface area (TPSA) is 20.3 Å². The Kier molecular flexibility index (Phi) is 4.42. The van der Waals surface area contributed by atoms with E-state index in [9.17, 15) is 4.79 Å². The summed E-state index contributed by atoms with van der Waals surface area (Å²) in [4.78, 5) is 16.1. The number of thiophene rings is 2. The largest absolute Gasteiger partial charge is 0.358 e. The average Bonchev–Trinajstić information content (AvgIpc) is 2.95. The molecule has 0 saturated heterocycles. The lowest BCUT2D eigenvalue weighted by atomic mass is 10.2. The summed E-state index contributed by atoms with van der Waals surface area (Å²) in [5.74, 6) is 0. The van der Waals surface area contributed by atoms with Crippen LogP contribution in [0.2, 0.25) is 0 Å². The Morgan fingerprint density at radius 3 is 2.32 bits per heavy atom. The first-order valence-electron chi connectivity index (χ1n) is 6.45. The quantitative estimate of drug-likeness (QED) is 0.730. The molecule has 2 aromatic rings. The number of carbonyl (C=O) groups is 1. The molecule has 0 spiro atoms. The van der Waals surface area contributed by atoms with Crippen LogP contribution in [-0.4, -0.2) is 18.4 Å². The smallest absolute Gasteiger partial charge is 0.153 e. The summed E-state index contributed by atoms with van der Waals surface area (Å²) in [6, 6.07) is 6.92. The molecule has 2 nitrogen and oxygen atoms in total. The van der Waals surface area contributed by atoms with E-state index in [4.69, 9.17) is 0 Å². The van der Waals surface area contributed by atoms with E-state index in [1.165, 1.54) is 9.75 Å². The molecule has 0 amide bonds. The molecular formula is C15H19NOS2. The summed E-state index contributed by atoms with van der Waals surface area (Å²) in [6.07, 6.45) is 0.973. The van der Waals surface area contributed by atoms with Crippen LogP contribution in [0.5, 0.6) is 0 Å². The van der Waals surface area contributed by atoms with Crippen LogP contribution >= 0.6 is 22.7 Å². The van der Waals surface area contributed by atoms with E-state index in [1.54, 1.807) is 22.7 Å². The van der Waals surface area contributed by atoms with Crippen molar-refractivity contribution in [1.82, 2.24) is 0 Å². The molecule has 102 valence electrons. The molecule has 0 bridgehead atoms.